The molecule has 2 aromatic rings. The van der Waals surface area contributed by atoms with Crippen molar-refractivity contribution in [3.63, 3.8) is 0 Å². The Morgan fingerprint density at radius 1 is 1.42 bits per heavy atom. The summed E-state index contributed by atoms with van der Waals surface area (Å²) in [6.07, 6.45) is 1.58. The zero-order valence-corrected chi connectivity index (χ0v) is 10.5. The number of aromatic nitrogens is 3. The Morgan fingerprint density at radius 3 is 3.00 bits per heavy atom. The van der Waals surface area contributed by atoms with Gasteiger partial charge in [-0.1, -0.05) is 12.1 Å². The Kier molecular flexibility index (Phi) is 3.87. The van der Waals surface area contributed by atoms with Gasteiger partial charge in [0, 0.05) is 5.56 Å². The number of hydrogen-bond acceptors (Lipinski definition) is 6. The smallest absolute Gasteiger partial charge is 0.363 e. The lowest BCUT2D eigenvalue weighted by Gasteiger charge is -2.03. The van der Waals surface area contributed by atoms with Crippen molar-refractivity contribution >= 4 is 12.0 Å². The molecule has 0 spiro atoms. The molecule has 7 heteroatoms. The number of H-pyrrole nitrogens is 1. The van der Waals surface area contributed by atoms with E-state index >= 15 is 0 Å². The molecule has 2 N–H and O–H groups in total. The number of methoxy groups -OCH3 is 1. The van der Waals surface area contributed by atoms with Crippen LogP contribution in [0.2, 0.25) is 0 Å². The van der Waals surface area contributed by atoms with Gasteiger partial charge in [0.15, 0.2) is 5.82 Å². The molecule has 0 saturated heterocycles. The standard InChI is InChI=1S/C12H13N5O2/c1-8-11(14-12(18)17-15-8)16-13-7-9-5-3-4-6-10(9)19-2/h3-7H,1-2H3,(H2,14,16,17,18)/b13-7-. The molecule has 1 aromatic heterocycles. The van der Waals surface area contributed by atoms with Gasteiger partial charge >= 0.3 is 5.69 Å². The zero-order chi connectivity index (χ0) is 13.7. The monoisotopic (exact) mass is 259 g/mol. The van der Waals surface area contributed by atoms with Crippen LogP contribution in [0.3, 0.4) is 0 Å². The van der Waals surface area contributed by atoms with E-state index in [4.69, 9.17) is 4.74 Å². The van der Waals surface area contributed by atoms with Crippen molar-refractivity contribution < 1.29 is 4.74 Å². The topological polar surface area (TPSA) is 92.3 Å². The fourth-order valence-corrected chi connectivity index (χ4v) is 1.43. The fourth-order valence-electron chi connectivity index (χ4n) is 1.43. The SMILES string of the molecule is COc1ccccc1/C=N\Nc1nc(=O)[nH]nc1C. The van der Waals surface area contributed by atoms with Crippen LogP contribution in [-0.4, -0.2) is 28.5 Å². The van der Waals surface area contributed by atoms with Gasteiger partial charge in [-0.15, -0.1) is 0 Å². The first kappa shape index (κ1) is 12.7. The average molecular weight is 259 g/mol. The number of anilines is 1. The Hall–Kier alpha value is -2.70. The van der Waals surface area contributed by atoms with Crippen molar-refractivity contribution in [2.75, 3.05) is 12.5 Å². The van der Waals surface area contributed by atoms with E-state index in [0.29, 0.717) is 17.3 Å². The molecule has 2 rings (SSSR count). The third-order valence-electron chi connectivity index (χ3n) is 2.39. The van der Waals surface area contributed by atoms with Gasteiger partial charge in [-0.25, -0.2) is 9.89 Å². The summed E-state index contributed by atoms with van der Waals surface area (Å²) in [5.41, 5.74) is 3.51. The number of rotatable bonds is 4. The second kappa shape index (κ2) is 5.76. The van der Waals surface area contributed by atoms with Crippen LogP contribution in [0.5, 0.6) is 5.75 Å². The molecule has 7 nitrogen and oxygen atoms in total. The van der Waals surface area contributed by atoms with Crippen molar-refractivity contribution in [2.24, 2.45) is 5.10 Å². The van der Waals surface area contributed by atoms with Gasteiger partial charge in [-0.2, -0.15) is 15.2 Å². The summed E-state index contributed by atoms with van der Waals surface area (Å²) in [7, 11) is 1.59. The summed E-state index contributed by atoms with van der Waals surface area (Å²) < 4.78 is 5.19. The van der Waals surface area contributed by atoms with Crippen molar-refractivity contribution in [1.82, 2.24) is 15.2 Å². The summed E-state index contributed by atoms with van der Waals surface area (Å²) in [5, 5.41) is 10.0. The van der Waals surface area contributed by atoms with Crippen molar-refractivity contribution in [2.45, 2.75) is 6.92 Å². The summed E-state index contributed by atoms with van der Waals surface area (Å²) in [4.78, 5) is 14.8. The maximum atomic E-state index is 11.0. The van der Waals surface area contributed by atoms with Gasteiger partial charge in [-0.05, 0) is 19.1 Å². The Morgan fingerprint density at radius 2 is 2.21 bits per heavy atom. The predicted octanol–water partition coefficient (Wildman–Crippen LogP) is 0.928. The van der Waals surface area contributed by atoms with Gasteiger partial charge in [-0.3, -0.25) is 5.43 Å². The van der Waals surface area contributed by atoms with E-state index < -0.39 is 5.69 Å². The molecule has 0 amide bonds. The minimum Gasteiger partial charge on any atom is -0.496 e. The molecular formula is C12H13N5O2. The van der Waals surface area contributed by atoms with Gasteiger partial charge in [0.2, 0.25) is 0 Å². The third-order valence-corrected chi connectivity index (χ3v) is 2.39. The largest absolute Gasteiger partial charge is 0.496 e. The van der Waals surface area contributed by atoms with Crippen molar-refractivity contribution in [1.29, 1.82) is 0 Å². The number of ether oxygens (including phenoxy) is 1. The molecule has 98 valence electrons. The highest BCUT2D eigenvalue weighted by atomic mass is 16.5. The van der Waals surface area contributed by atoms with Gasteiger partial charge in [0.05, 0.1) is 13.3 Å². The van der Waals surface area contributed by atoms with Crippen LogP contribution in [0.1, 0.15) is 11.3 Å². The molecule has 0 aliphatic rings. The molecule has 0 saturated carbocycles. The van der Waals surface area contributed by atoms with Crippen LogP contribution < -0.4 is 15.9 Å². The first-order valence-electron chi connectivity index (χ1n) is 5.56. The first-order chi connectivity index (χ1) is 9.20. The number of nitrogens with one attached hydrogen (secondary N) is 2. The van der Waals surface area contributed by atoms with Gasteiger partial charge in [0.1, 0.15) is 11.4 Å². The Bertz CT molecular complexity index is 651. The number of hydrazone groups is 1. The van der Waals surface area contributed by atoms with E-state index in [2.05, 4.69) is 25.7 Å². The first-order valence-corrected chi connectivity index (χ1v) is 5.56. The van der Waals surface area contributed by atoms with Crippen LogP contribution in [0.4, 0.5) is 5.82 Å². The second-order valence-electron chi connectivity index (χ2n) is 3.69. The van der Waals surface area contributed by atoms with E-state index in [1.54, 1.807) is 20.2 Å². The Balaban J connectivity index is 2.16. The number of aryl methyl sites for hydroxylation is 1. The quantitative estimate of drug-likeness (QED) is 0.629. The van der Waals surface area contributed by atoms with Gasteiger partial charge in [0.25, 0.3) is 0 Å². The van der Waals surface area contributed by atoms with E-state index in [9.17, 15) is 4.79 Å². The van der Waals surface area contributed by atoms with Crippen LogP contribution in [0.25, 0.3) is 0 Å². The van der Waals surface area contributed by atoms with Crippen molar-refractivity contribution in [3.8, 4) is 5.75 Å². The zero-order valence-electron chi connectivity index (χ0n) is 10.5. The van der Waals surface area contributed by atoms with E-state index in [0.717, 1.165) is 5.56 Å². The molecule has 0 aliphatic carbocycles. The maximum absolute atomic E-state index is 11.0. The fraction of sp³-hybridized carbons (Fsp3) is 0.167. The summed E-state index contributed by atoms with van der Waals surface area (Å²) >= 11 is 0. The summed E-state index contributed by atoms with van der Waals surface area (Å²) in [6, 6.07) is 7.44. The normalized spacial score (nSPS) is 10.6. The lowest BCUT2D eigenvalue weighted by molar-refractivity contribution is 0.414. The number of hydrogen-bond donors (Lipinski definition) is 2. The number of aromatic amines is 1. The molecule has 1 heterocycles. The number of benzene rings is 1. The molecule has 1 aromatic carbocycles. The van der Waals surface area contributed by atoms with E-state index in [-0.39, 0.29) is 0 Å². The summed E-state index contributed by atoms with van der Waals surface area (Å²) in [6.45, 7) is 1.71. The van der Waals surface area contributed by atoms with Gasteiger partial charge < -0.3 is 4.74 Å². The Labute approximate surface area is 109 Å². The highest BCUT2D eigenvalue weighted by molar-refractivity contribution is 5.83. The minimum atomic E-state index is -0.527. The highest BCUT2D eigenvalue weighted by Crippen LogP contribution is 2.14. The molecule has 0 bridgehead atoms. The highest BCUT2D eigenvalue weighted by Gasteiger charge is 2.01. The molecule has 0 aliphatic heterocycles. The third kappa shape index (κ3) is 3.15. The van der Waals surface area contributed by atoms with Crippen LogP contribution in [0.15, 0.2) is 34.2 Å². The average Bonchev–Trinajstić information content (AvgIpc) is 2.43. The maximum Gasteiger partial charge on any atom is 0.363 e. The number of nitrogens with zero attached hydrogens (tertiary/aromatic N) is 3. The van der Waals surface area contributed by atoms with Crippen LogP contribution >= 0.6 is 0 Å². The molecule has 0 radical (unpaired) electrons. The molecule has 0 unspecified atom stereocenters. The van der Waals surface area contributed by atoms with E-state index in [1.165, 1.54) is 0 Å². The lowest BCUT2D eigenvalue weighted by Crippen LogP contribution is -2.15. The second-order valence-corrected chi connectivity index (χ2v) is 3.69. The van der Waals surface area contributed by atoms with Crippen LogP contribution in [-0.2, 0) is 0 Å². The lowest BCUT2D eigenvalue weighted by atomic mass is 10.2. The minimum absolute atomic E-state index is 0.315. The van der Waals surface area contributed by atoms with Crippen LogP contribution in [0, 0.1) is 6.92 Å². The molecular weight excluding hydrogens is 246 g/mol. The van der Waals surface area contributed by atoms with E-state index in [1.807, 2.05) is 24.3 Å². The molecule has 19 heavy (non-hydrogen) atoms. The van der Waals surface area contributed by atoms with Crippen molar-refractivity contribution in [3.05, 3.63) is 46.0 Å². The molecule has 0 fully saturated rings. The predicted molar refractivity (Wildman–Crippen MR) is 71.6 cm³/mol. The molecule has 0 atom stereocenters. The number of para-hydroxylation sites is 1. The summed E-state index contributed by atoms with van der Waals surface area (Å²) in [5.74, 6) is 1.02.